The van der Waals surface area contributed by atoms with Crippen LogP contribution in [0.1, 0.15) is 6.42 Å². The Morgan fingerprint density at radius 1 is 1.75 bits per heavy atom. The number of halogens is 3. The summed E-state index contributed by atoms with van der Waals surface area (Å²) in [7, 11) is 0. The molecule has 0 spiro atoms. The lowest BCUT2D eigenvalue weighted by Gasteiger charge is -2.12. The number of hydrogen-bond acceptors (Lipinski definition) is 2. The van der Waals surface area contributed by atoms with Crippen LogP contribution in [0.4, 0.5) is 8.78 Å². The molecule has 0 radical (unpaired) electrons. The van der Waals surface area contributed by atoms with Crippen LogP contribution in [0, 0.1) is 0 Å². The number of aliphatic carboxylic acids is 1. The van der Waals surface area contributed by atoms with Crippen LogP contribution >= 0.6 is 12.4 Å². The van der Waals surface area contributed by atoms with Crippen LogP contribution in [0.3, 0.4) is 0 Å². The van der Waals surface area contributed by atoms with E-state index in [2.05, 4.69) is 0 Å². The van der Waals surface area contributed by atoms with Gasteiger partial charge in [-0.25, -0.2) is 13.6 Å². The van der Waals surface area contributed by atoms with Gasteiger partial charge in [0.2, 0.25) is 0 Å². The van der Waals surface area contributed by atoms with Gasteiger partial charge in [-0.05, 0) is 0 Å². The number of hydrogen-bond donors (Lipinski definition) is 2. The number of carboxylic acids is 1. The normalized spacial score (nSPS) is 25.9. The molecule has 3 nitrogen and oxygen atoms in total. The van der Waals surface area contributed by atoms with Crippen molar-refractivity contribution in [2.75, 3.05) is 0 Å². The van der Waals surface area contributed by atoms with E-state index in [9.17, 15) is 13.6 Å². The molecule has 1 rings (SSSR count). The van der Waals surface area contributed by atoms with Crippen molar-refractivity contribution in [1.29, 1.82) is 0 Å². The molecule has 0 aromatic carbocycles. The number of rotatable bonds is 1. The zero-order valence-electron chi connectivity index (χ0n) is 5.96. The van der Waals surface area contributed by atoms with Crippen LogP contribution in [0.15, 0.2) is 11.6 Å². The maximum Gasteiger partial charge on any atom is 0.331 e. The van der Waals surface area contributed by atoms with Gasteiger partial charge in [-0.1, -0.05) is 6.08 Å². The van der Waals surface area contributed by atoms with E-state index < -0.39 is 24.4 Å². The highest BCUT2D eigenvalue weighted by Crippen LogP contribution is 2.33. The highest BCUT2D eigenvalue weighted by Gasteiger charge is 2.43. The molecule has 0 aromatic rings. The molecule has 0 saturated carbocycles. The van der Waals surface area contributed by atoms with Crippen LogP contribution in [0.25, 0.3) is 0 Å². The average Bonchev–Trinajstić information content (AvgIpc) is 2.08. The molecule has 0 amide bonds. The fraction of sp³-hybridized carbons (Fsp3) is 0.500. The SMILES string of the molecule is Cl.N[C@H]1C=C(C(=O)O)CC1(F)F. The van der Waals surface area contributed by atoms with Crippen LogP contribution in [-0.2, 0) is 4.79 Å². The molecule has 0 bridgehead atoms. The molecule has 0 fully saturated rings. The Morgan fingerprint density at radius 3 is 2.42 bits per heavy atom. The van der Waals surface area contributed by atoms with Crippen LogP contribution in [0.5, 0.6) is 0 Å². The van der Waals surface area contributed by atoms with Crippen molar-refractivity contribution in [3.63, 3.8) is 0 Å². The first-order valence-electron chi connectivity index (χ1n) is 3.01. The van der Waals surface area contributed by atoms with Gasteiger partial charge in [0.1, 0.15) is 0 Å². The number of nitrogens with two attached hydrogens (primary N) is 1. The summed E-state index contributed by atoms with van der Waals surface area (Å²) in [5, 5.41) is 8.31. The zero-order valence-corrected chi connectivity index (χ0v) is 6.78. The monoisotopic (exact) mass is 199 g/mol. The summed E-state index contributed by atoms with van der Waals surface area (Å²) in [5.74, 6) is -4.41. The summed E-state index contributed by atoms with van der Waals surface area (Å²) in [6.45, 7) is 0. The summed E-state index contributed by atoms with van der Waals surface area (Å²) in [6.07, 6.45) is 0.131. The molecule has 1 aliphatic rings. The maximum atomic E-state index is 12.5. The lowest BCUT2D eigenvalue weighted by molar-refractivity contribution is -0.133. The van der Waals surface area contributed by atoms with Crippen molar-refractivity contribution in [1.82, 2.24) is 0 Å². The topological polar surface area (TPSA) is 63.3 Å². The number of carbonyl (C=O) groups is 1. The minimum absolute atomic E-state index is 0. The largest absolute Gasteiger partial charge is 0.478 e. The smallest absolute Gasteiger partial charge is 0.331 e. The second-order valence-electron chi connectivity index (χ2n) is 2.46. The molecule has 0 heterocycles. The molecule has 12 heavy (non-hydrogen) atoms. The van der Waals surface area contributed by atoms with Gasteiger partial charge in [0.15, 0.2) is 0 Å². The lowest BCUT2D eigenvalue weighted by Crippen LogP contribution is -2.35. The molecule has 6 heteroatoms. The summed E-state index contributed by atoms with van der Waals surface area (Å²) in [4.78, 5) is 10.2. The molecule has 0 saturated heterocycles. The number of alkyl halides is 2. The Morgan fingerprint density at radius 2 is 2.25 bits per heavy atom. The van der Waals surface area contributed by atoms with Crippen LogP contribution in [-0.4, -0.2) is 23.0 Å². The van der Waals surface area contributed by atoms with E-state index >= 15 is 0 Å². The van der Waals surface area contributed by atoms with E-state index in [0.29, 0.717) is 0 Å². The molecule has 70 valence electrons. The van der Waals surface area contributed by atoms with E-state index in [1.54, 1.807) is 0 Å². The molecular weight excluding hydrogens is 192 g/mol. The van der Waals surface area contributed by atoms with E-state index in [1.807, 2.05) is 0 Å². The molecule has 0 aromatic heterocycles. The fourth-order valence-corrected chi connectivity index (χ4v) is 0.916. The first-order chi connectivity index (χ1) is 4.93. The summed E-state index contributed by atoms with van der Waals surface area (Å²) in [6, 6.07) is -1.45. The first kappa shape index (κ1) is 11.3. The van der Waals surface area contributed by atoms with E-state index in [1.165, 1.54) is 0 Å². The van der Waals surface area contributed by atoms with E-state index in [-0.39, 0.29) is 18.0 Å². The van der Waals surface area contributed by atoms with Gasteiger partial charge >= 0.3 is 5.97 Å². The van der Waals surface area contributed by atoms with Crippen molar-refractivity contribution in [3.8, 4) is 0 Å². The second kappa shape index (κ2) is 3.37. The van der Waals surface area contributed by atoms with Crippen molar-refractivity contribution < 1.29 is 18.7 Å². The molecule has 0 aliphatic heterocycles. The molecule has 0 unspecified atom stereocenters. The van der Waals surface area contributed by atoms with Gasteiger partial charge in [-0.15, -0.1) is 12.4 Å². The third-order valence-electron chi connectivity index (χ3n) is 1.57. The molecule has 3 N–H and O–H groups in total. The Hall–Kier alpha value is -0.680. The first-order valence-corrected chi connectivity index (χ1v) is 3.01. The Balaban J connectivity index is 0.00000121. The van der Waals surface area contributed by atoms with Gasteiger partial charge in [-0.3, -0.25) is 0 Å². The zero-order chi connectivity index (χ0) is 8.65. The molecule has 1 aliphatic carbocycles. The average molecular weight is 200 g/mol. The van der Waals surface area contributed by atoms with Gasteiger partial charge in [-0.2, -0.15) is 0 Å². The maximum absolute atomic E-state index is 12.5. The van der Waals surface area contributed by atoms with Gasteiger partial charge in [0, 0.05) is 12.0 Å². The van der Waals surface area contributed by atoms with Crippen LogP contribution < -0.4 is 5.73 Å². The van der Waals surface area contributed by atoms with Crippen LogP contribution in [0.2, 0.25) is 0 Å². The summed E-state index contributed by atoms with van der Waals surface area (Å²) in [5.41, 5.74) is 4.65. The highest BCUT2D eigenvalue weighted by atomic mass is 35.5. The Kier molecular flexibility index (Phi) is 3.17. The summed E-state index contributed by atoms with van der Waals surface area (Å²) < 4.78 is 25.0. The van der Waals surface area contributed by atoms with Crippen molar-refractivity contribution >= 4 is 18.4 Å². The van der Waals surface area contributed by atoms with Gasteiger partial charge in [0.05, 0.1) is 6.04 Å². The predicted octanol–water partition coefficient (Wildman–Crippen LogP) is 0.785. The van der Waals surface area contributed by atoms with E-state index in [0.717, 1.165) is 6.08 Å². The second-order valence-corrected chi connectivity index (χ2v) is 2.46. The van der Waals surface area contributed by atoms with Gasteiger partial charge < -0.3 is 10.8 Å². The minimum atomic E-state index is -3.09. The highest BCUT2D eigenvalue weighted by molar-refractivity contribution is 5.87. The standard InChI is InChI=1S/C6H7F2NO2.ClH/c7-6(8)2-3(5(10)11)1-4(6)9;/h1,4H,2,9H2,(H,10,11);1H/t4-;/m0./s1. The molecule has 1 atom stereocenters. The number of carboxylic acid groups (broad SMARTS) is 1. The quantitative estimate of drug-likeness (QED) is 0.656. The Labute approximate surface area is 73.6 Å². The molecular formula is C6H8ClF2NO2. The fourth-order valence-electron chi connectivity index (χ4n) is 0.916. The lowest BCUT2D eigenvalue weighted by atomic mass is 10.2. The third-order valence-corrected chi connectivity index (χ3v) is 1.57. The van der Waals surface area contributed by atoms with E-state index in [4.69, 9.17) is 10.8 Å². The predicted molar refractivity (Wildman–Crippen MR) is 40.5 cm³/mol. The third kappa shape index (κ3) is 1.92. The minimum Gasteiger partial charge on any atom is -0.478 e. The van der Waals surface area contributed by atoms with Crippen molar-refractivity contribution in [2.24, 2.45) is 5.73 Å². The van der Waals surface area contributed by atoms with Crippen molar-refractivity contribution in [3.05, 3.63) is 11.6 Å². The van der Waals surface area contributed by atoms with Crippen molar-refractivity contribution in [2.45, 2.75) is 18.4 Å². The van der Waals surface area contributed by atoms with Gasteiger partial charge in [0.25, 0.3) is 5.92 Å². The summed E-state index contributed by atoms with van der Waals surface area (Å²) >= 11 is 0. The Bertz CT molecular complexity index is 230.